The molecule has 5 nitrogen and oxygen atoms in total. The van der Waals surface area contributed by atoms with Crippen molar-refractivity contribution in [1.29, 1.82) is 0 Å². The molecule has 0 aliphatic rings. The van der Waals surface area contributed by atoms with Crippen molar-refractivity contribution < 1.29 is 14.7 Å². The Morgan fingerprint density at radius 1 is 0.868 bits per heavy atom. The van der Waals surface area contributed by atoms with Gasteiger partial charge in [0.2, 0.25) is 0 Å². The fourth-order valence-electron chi connectivity index (χ4n) is 4.47. The van der Waals surface area contributed by atoms with E-state index in [2.05, 4.69) is 34.6 Å². The number of hydrogen-bond acceptors (Lipinski definition) is 4. The van der Waals surface area contributed by atoms with E-state index in [1.54, 1.807) is 11.8 Å². The predicted molar refractivity (Wildman–Crippen MR) is 156 cm³/mol. The Morgan fingerprint density at radius 2 is 1.61 bits per heavy atom. The number of nitrogens with zero attached hydrogens (tertiary/aromatic N) is 1. The number of aliphatic carboxylic acids is 1. The summed E-state index contributed by atoms with van der Waals surface area (Å²) in [6, 6.07) is 25.2. The second-order valence-electron chi connectivity index (χ2n) is 9.29. The lowest BCUT2D eigenvalue weighted by atomic mass is 9.92. The van der Waals surface area contributed by atoms with Crippen molar-refractivity contribution in [2.75, 3.05) is 12.0 Å². The molecule has 0 aliphatic carbocycles. The summed E-state index contributed by atoms with van der Waals surface area (Å²) in [5.74, 6) is -0.739. The maximum Gasteiger partial charge on any atom is 0.326 e. The van der Waals surface area contributed by atoms with E-state index in [-0.39, 0.29) is 5.91 Å². The second kappa shape index (κ2) is 13.1. The van der Waals surface area contributed by atoms with Gasteiger partial charge >= 0.3 is 5.97 Å². The third-order valence-electron chi connectivity index (χ3n) is 6.58. The molecule has 3 aromatic carbocycles. The number of amides is 1. The number of carboxylic acids is 1. The van der Waals surface area contributed by atoms with Crippen molar-refractivity contribution in [2.24, 2.45) is 0 Å². The molecule has 0 unspecified atom stereocenters. The lowest BCUT2D eigenvalue weighted by Gasteiger charge is -2.18. The van der Waals surface area contributed by atoms with E-state index in [0.29, 0.717) is 17.7 Å². The minimum Gasteiger partial charge on any atom is -0.480 e. The Hall–Kier alpha value is -3.90. The van der Waals surface area contributed by atoms with E-state index in [1.165, 1.54) is 0 Å². The van der Waals surface area contributed by atoms with Crippen LogP contribution in [0.3, 0.4) is 0 Å². The fraction of sp³-hybridized carbons (Fsp3) is 0.219. The van der Waals surface area contributed by atoms with E-state index in [9.17, 15) is 14.7 Å². The molecule has 194 valence electrons. The molecule has 0 bridgehead atoms. The Kier molecular flexibility index (Phi) is 9.33. The van der Waals surface area contributed by atoms with Crippen LogP contribution in [0.2, 0.25) is 0 Å². The number of thioether (sulfide) groups is 1. The zero-order chi connectivity index (χ0) is 26.9. The smallest absolute Gasteiger partial charge is 0.326 e. The van der Waals surface area contributed by atoms with E-state index < -0.39 is 12.0 Å². The molecule has 1 aromatic heterocycles. The van der Waals surface area contributed by atoms with Gasteiger partial charge in [-0.05, 0) is 83.7 Å². The third kappa shape index (κ3) is 6.90. The SMILES string of the molecule is CSCC[C@H](NC(=O)c1ccc(CCc2cncc(-c3ccccc3)c2)cc1-c1ccccc1C)C(=O)O. The van der Waals surface area contributed by atoms with Crippen LogP contribution < -0.4 is 5.32 Å². The molecule has 0 saturated heterocycles. The standard InChI is InChI=1S/C32H32N2O3S/c1-22-8-6-7-11-27(22)29-19-23(14-15-28(29)31(35)34-30(32(36)37)16-17-38-2)12-13-24-18-26(21-33-20-24)25-9-4-3-5-10-25/h3-11,14-15,18-21,30H,12-13,16-17H2,1-2H3,(H,34,35)(H,36,37)/t30-/m0/s1. The summed E-state index contributed by atoms with van der Waals surface area (Å²) in [6.45, 7) is 2.02. The molecular formula is C32H32N2O3S. The van der Waals surface area contributed by atoms with E-state index in [0.717, 1.165) is 51.8 Å². The van der Waals surface area contributed by atoms with Crippen LogP contribution in [0.25, 0.3) is 22.3 Å². The Morgan fingerprint density at radius 3 is 2.34 bits per heavy atom. The highest BCUT2D eigenvalue weighted by Crippen LogP contribution is 2.29. The average molecular weight is 525 g/mol. The van der Waals surface area contributed by atoms with Gasteiger partial charge in [-0.15, -0.1) is 0 Å². The van der Waals surface area contributed by atoms with Crippen LogP contribution in [0.15, 0.2) is 91.3 Å². The summed E-state index contributed by atoms with van der Waals surface area (Å²) in [5, 5.41) is 12.3. The highest BCUT2D eigenvalue weighted by atomic mass is 32.2. The molecule has 0 fully saturated rings. The van der Waals surface area contributed by atoms with Crippen molar-refractivity contribution in [3.8, 4) is 22.3 Å². The van der Waals surface area contributed by atoms with Gasteiger partial charge in [-0.1, -0.05) is 66.7 Å². The first kappa shape index (κ1) is 27.1. The molecule has 6 heteroatoms. The maximum absolute atomic E-state index is 13.3. The first-order valence-electron chi connectivity index (χ1n) is 12.7. The van der Waals surface area contributed by atoms with Crippen LogP contribution in [0.1, 0.15) is 33.5 Å². The van der Waals surface area contributed by atoms with Crippen LogP contribution in [-0.4, -0.2) is 40.0 Å². The molecule has 0 radical (unpaired) electrons. The molecule has 1 amide bonds. The number of pyridine rings is 1. The second-order valence-corrected chi connectivity index (χ2v) is 10.3. The summed E-state index contributed by atoms with van der Waals surface area (Å²) in [7, 11) is 0. The normalized spacial score (nSPS) is 11.6. The van der Waals surface area contributed by atoms with E-state index in [1.807, 2.05) is 80.2 Å². The minimum atomic E-state index is -1.02. The molecule has 4 rings (SSSR count). The van der Waals surface area contributed by atoms with Crippen molar-refractivity contribution >= 4 is 23.6 Å². The molecule has 1 atom stereocenters. The van der Waals surface area contributed by atoms with Crippen molar-refractivity contribution in [1.82, 2.24) is 10.3 Å². The van der Waals surface area contributed by atoms with Gasteiger partial charge in [0.1, 0.15) is 6.04 Å². The molecule has 1 heterocycles. The summed E-state index contributed by atoms with van der Waals surface area (Å²) in [4.78, 5) is 29.5. The molecular weight excluding hydrogens is 492 g/mol. The number of benzene rings is 3. The monoisotopic (exact) mass is 524 g/mol. The topological polar surface area (TPSA) is 79.3 Å². The van der Waals surface area contributed by atoms with Crippen LogP contribution in [0.5, 0.6) is 0 Å². The quantitative estimate of drug-likeness (QED) is 0.236. The average Bonchev–Trinajstić information content (AvgIpc) is 2.94. The molecule has 4 aromatic rings. The van der Waals surface area contributed by atoms with E-state index in [4.69, 9.17) is 0 Å². The van der Waals surface area contributed by atoms with Gasteiger partial charge in [-0.25, -0.2) is 4.79 Å². The number of carbonyl (C=O) groups is 2. The number of aryl methyl sites for hydroxylation is 3. The van der Waals surface area contributed by atoms with Gasteiger partial charge in [0.25, 0.3) is 5.91 Å². The minimum absolute atomic E-state index is 0.371. The third-order valence-corrected chi connectivity index (χ3v) is 7.23. The molecule has 0 saturated carbocycles. The van der Waals surface area contributed by atoms with Crippen LogP contribution in [0.4, 0.5) is 0 Å². The highest BCUT2D eigenvalue weighted by molar-refractivity contribution is 7.98. The maximum atomic E-state index is 13.3. The first-order valence-corrected chi connectivity index (χ1v) is 14.1. The molecule has 38 heavy (non-hydrogen) atoms. The number of carboxylic acid groups (broad SMARTS) is 1. The van der Waals surface area contributed by atoms with Gasteiger partial charge in [-0.3, -0.25) is 9.78 Å². The zero-order valence-corrected chi connectivity index (χ0v) is 22.5. The molecule has 0 aliphatic heterocycles. The summed E-state index contributed by atoms with van der Waals surface area (Å²) in [5.41, 5.74) is 7.76. The van der Waals surface area contributed by atoms with Gasteiger partial charge < -0.3 is 10.4 Å². The Labute approximate surface area is 228 Å². The van der Waals surface area contributed by atoms with Gasteiger partial charge in [0, 0.05) is 23.5 Å². The molecule has 2 N–H and O–H groups in total. The largest absolute Gasteiger partial charge is 0.480 e. The summed E-state index contributed by atoms with van der Waals surface area (Å²) < 4.78 is 0. The van der Waals surface area contributed by atoms with Gasteiger partial charge in [0.05, 0.1) is 0 Å². The summed E-state index contributed by atoms with van der Waals surface area (Å²) >= 11 is 1.56. The molecule has 0 spiro atoms. The zero-order valence-electron chi connectivity index (χ0n) is 21.7. The van der Waals surface area contributed by atoms with Crippen molar-refractivity contribution in [3.63, 3.8) is 0 Å². The number of nitrogens with one attached hydrogen (secondary N) is 1. The van der Waals surface area contributed by atoms with E-state index >= 15 is 0 Å². The Balaban J connectivity index is 1.60. The lowest BCUT2D eigenvalue weighted by molar-refractivity contribution is -0.139. The van der Waals surface area contributed by atoms with Crippen LogP contribution in [-0.2, 0) is 17.6 Å². The van der Waals surface area contributed by atoms with Crippen LogP contribution >= 0.6 is 11.8 Å². The van der Waals surface area contributed by atoms with Crippen molar-refractivity contribution in [2.45, 2.75) is 32.2 Å². The number of carbonyl (C=O) groups excluding carboxylic acids is 1. The fourth-order valence-corrected chi connectivity index (χ4v) is 4.94. The van der Waals surface area contributed by atoms with Crippen LogP contribution in [0, 0.1) is 6.92 Å². The first-order chi connectivity index (χ1) is 18.5. The lowest BCUT2D eigenvalue weighted by Crippen LogP contribution is -2.41. The van der Waals surface area contributed by atoms with Gasteiger partial charge in [0.15, 0.2) is 0 Å². The summed E-state index contributed by atoms with van der Waals surface area (Å²) in [6.07, 6.45) is 7.66. The number of hydrogen-bond donors (Lipinski definition) is 2. The van der Waals surface area contributed by atoms with Gasteiger partial charge in [-0.2, -0.15) is 11.8 Å². The number of aromatic nitrogens is 1. The number of rotatable bonds is 11. The predicted octanol–water partition coefficient (Wildman–Crippen LogP) is 6.45. The van der Waals surface area contributed by atoms with Crippen molar-refractivity contribution in [3.05, 3.63) is 114 Å². The Bertz CT molecular complexity index is 1400. The highest BCUT2D eigenvalue weighted by Gasteiger charge is 2.22.